The number of rotatable bonds is 3. The average Bonchev–Trinajstić information content (AvgIpc) is 2.26. The fraction of sp³-hybridized carbons (Fsp3) is 0.273. The van der Waals surface area contributed by atoms with Gasteiger partial charge in [0.1, 0.15) is 5.82 Å². The van der Waals surface area contributed by atoms with Crippen molar-refractivity contribution in [3.63, 3.8) is 0 Å². The van der Waals surface area contributed by atoms with Crippen LogP contribution < -0.4 is 10.6 Å². The van der Waals surface area contributed by atoms with E-state index in [0.717, 1.165) is 0 Å². The molecule has 5 heteroatoms. The van der Waals surface area contributed by atoms with E-state index in [0.29, 0.717) is 0 Å². The van der Waals surface area contributed by atoms with Gasteiger partial charge in [-0.1, -0.05) is 24.4 Å². The predicted molar refractivity (Wildman–Crippen MR) is 65.8 cm³/mol. The van der Waals surface area contributed by atoms with Crippen LogP contribution in [0.1, 0.15) is 6.92 Å². The van der Waals surface area contributed by atoms with Gasteiger partial charge in [0.05, 0.1) is 16.6 Å². The van der Waals surface area contributed by atoms with Gasteiger partial charge >= 0.3 is 0 Å². The van der Waals surface area contributed by atoms with Crippen LogP contribution in [0, 0.1) is 11.7 Å². The van der Waals surface area contributed by atoms with E-state index in [-0.39, 0.29) is 16.6 Å². The van der Waals surface area contributed by atoms with Gasteiger partial charge in [-0.15, -0.1) is 0 Å². The topological polar surface area (TPSA) is 46.3 Å². The molecule has 1 atom stereocenters. The molecule has 0 bridgehead atoms. The number of hydrogen-bond acceptors (Lipinski definition) is 2. The van der Waals surface area contributed by atoms with Gasteiger partial charge < -0.3 is 10.6 Å². The summed E-state index contributed by atoms with van der Waals surface area (Å²) < 4.78 is 13.4. The highest BCUT2D eigenvalue weighted by Gasteiger charge is 2.22. The van der Waals surface area contributed by atoms with Crippen LogP contribution in [0.3, 0.4) is 0 Å². The van der Waals surface area contributed by atoms with Crippen molar-refractivity contribution in [2.45, 2.75) is 6.92 Å². The number of halogens is 1. The Labute approximate surface area is 99.0 Å². The highest BCUT2D eigenvalue weighted by molar-refractivity contribution is 7.80. The predicted octanol–water partition coefficient (Wildman–Crippen LogP) is 1.71. The third-order valence-electron chi connectivity index (χ3n) is 2.34. The first-order chi connectivity index (χ1) is 7.45. The van der Waals surface area contributed by atoms with Crippen molar-refractivity contribution in [3.8, 4) is 0 Å². The number of thiocarbonyl (C=S) groups is 1. The molecule has 1 aromatic rings. The third kappa shape index (κ3) is 2.55. The van der Waals surface area contributed by atoms with Crippen molar-refractivity contribution >= 4 is 28.8 Å². The van der Waals surface area contributed by atoms with Crippen molar-refractivity contribution in [2.75, 3.05) is 11.9 Å². The lowest BCUT2D eigenvalue weighted by Gasteiger charge is -2.21. The number of para-hydroxylation sites is 1. The molecule has 0 aromatic heterocycles. The Kier molecular flexibility index (Phi) is 3.95. The smallest absolute Gasteiger partial charge is 0.236 e. The van der Waals surface area contributed by atoms with Crippen LogP contribution in [0.4, 0.5) is 10.1 Å². The molecule has 16 heavy (non-hydrogen) atoms. The summed E-state index contributed by atoms with van der Waals surface area (Å²) in [5, 5.41) is 0. The molecule has 0 aliphatic carbocycles. The Morgan fingerprint density at radius 2 is 2.06 bits per heavy atom. The fourth-order valence-electron chi connectivity index (χ4n) is 1.25. The lowest BCUT2D eigenvalue weighted by molar-refractivity contribution is -0.119. The zero-order valence-corrected chi connectivity index (χ0v) is 9.92. The number of nitrogens with zero attached hydrogens (tertiary/aromatic N) is 1. The second-order valence-corrected chi connectivity index (χ2v) is 3.94. The van der Waals surface area contributed by atoms with Gasteiger partial charge in [0, 0.05) is 7.05 Å². The first kappa shape index (κ1) is 12.6. The van der Waals surface area contributed by atoms with Crippen molar-refractivity contribution in [2.24, 2.45) is 11.7 Å². The second kappa shape index (κ2) is 5.03. The molecule has 0 radical (unpaired) electrons. The van der Waals surface area contributed by atoms with Crippen LogP contribution in [0.5, 0.6) is 0 Å². The van der Waals surface area contributed by atoms with Crippen LogP contribution in [0.25, 0.3) is 0 Å². The maximum atomic E-state index is 13.4. The van der Waals surface area contributed by atoms with E-state index in [9.17, 15) is 9.18 Å². The van der Waals surface area contributed by atoms with Crippen LogP contribution in [-0.4, -0.2) is 17.9 Å². The number of carbonyl (C=O) groups is 1. The number of nitrogens with two attached hydrogens (primary N) is 1. The molecule has 1 rings (SSSR count). The highest BCUT2D eigenvalue weighted by atomic mass is 32.1. The van der Waals surface area contributed by atoms with Gasteiger partial charge in [0.25, 0.3) is 0 Å². The molecule has 1 aromatic carbocycles. The normalized spacial score (nSPS) is 11.9. The van der Waals surface area contributed by atoms with Crippen molar-refractivity contribution in [3.05, 3.63) is 30.1 Å². The summed E-state index contributed by atoms with van der Waals surface area (Å²) in [6.45, 7) is 1.60. The van der Waals surface area contributed by atoms with Gasteiger partial charge in [0.2, 0.25) is 5.91 Å². The largest absolute Gasteiger partial charge is 0.393 e. The minimum Gasteiger partial charge on any atom is -0.393 e. The molecule has 2 N–H and O–H groups in total. The van der Waals surface area contributed by atoms with Gasteiger partial charge in [-0.25, -0.2) is 4.39 Å². The van der Waals surface area contributed by atoms with E-state index in [4.69, 9.17) is 18.0 Å². The Morgan fingerprint density at radius 3 is 2.56 bits per heavy atom. The molecule has 0 saturated carbocycles. The Hall–Kier alpha value is -1.49. The SMILES string of the molecule is CC(C(=O)N(C)c1ccccc1F)C(N)=S. The molecule has 0 fully saturated rings. The second-order valence-electron chi connectivity index (χ2n) is 3.47. The van der Waals surface area contributed by atoms with E-state index < -0.39 is 11.7 Å². The molecular formula is C11H13FN2OS. The molecule has 3 nitrogen and oxygen atoms in total. The van der Waals surface area contributed by atoms with Gasteiger partial charge in [-0.2, -0.15) is 0 Å². The standard InChI is InChI=1S/C11H13FN2OS/c1-7(10(13)16)11(15)14(2)9-6-4-3-5-8(9)12/h3-7H,1-2H3,(H2,13,16). The minimum absolute atomic E-state index is 0.105. The van der Waals surface area contributed by atoms with E-state index >= 15 is 0 Å². The summed E-state index contributed by atoms with van der Waals surface area (Å²) >= 11 is 4.73. The molecule has 0 saturated heterocycles. The van der Waals surface area contributed by atoms with E-state index in [2.05, 4.69) is 0 Å². The summed E-state index contributed by atoms with van der Waals surface area (Å²) in [6, 6.07) is 6.05. The Bertz CT molecular complexity index is 422. The van der Waals surface area contributed by atoms with E-state index in [1.54, 1.807) is 19.1 Å². The molecular weight excluding hydrogens is 227 g/mol. The Balaban J connectivity index is 2.95. The van der Waals surface area contributed by atoms with Crippen LogP contribution in [0.2, 0.25) is 0 Å². The van der Waals surface area contributed by atoms with Crippen LogP contribution >= 0.6 is 12.2 Å². The maximum absolute atomic E-state index is 13.4. The van der Waals surface area contributed by atoms with E-state index in [1.807, 2.05) is 0 Å². The number of carbonyl (C=O) groups excluding carboxylic acids is 1. The molecule has 0 heterocycles. The van der Waals surface area contributed by atoms with Crippen LogP contribution in [0.15, 0.2) is 24.3 Å². The van der Waals surface area contributed by atoms with Gasteiger partial charge in [0.15, 0.2) is 0 Å². The molecule has 0 spiro atoms. The van der Waals surface area contributed by atoms with E-state index in [1.165, 1.54) is 24.1 Å². The summed E-state index contributed by atoms with van der Waals surface area (Å²) in [5.74, 6) is -1.37. The monoisotopic (exact) mass is 240 g/mol. The first-order valence-electron chi connectivity index (χ1n) is 4.76. The van der Waals surface area contributed by atoms with Gasteiger partial charge in [-0.3, -0.25) is 4.79 Å². The summed E-state index contributed by atoms with van der Waals surface area (Å²) in [4.78, 5) is 13.2. The Morgan fingerprint density at radius 1 is 1.50 bits per heavy atom. The number of hydrogen-bond donors (Lipinski definition) is 1. The molecule has 86 valence electrons. The fourth-order valence-corrected chi connectivity index (χ4v) is 1.36. The average molecular weight is 240 g/mol. The maximum Gasteiger partial charge on any atom is 0.236 e. The quantitative estimate of drug-likeness (QED) is 0.818. The molecule has 1 amide bonds. The van der Waals surface area contributed by atoms with Gasteiger partial charge in [-0.05, 0) is 19.1 Å². The summed E-state index contributed by atoms with van der Waals surface area (Å²) in [7, 11) is 1.50. The summed E-state index contributed by atoms with van der Waals surface area (Å²) in [5.41, 5.74) is 5.60. The third-order valence-corrected chi connectivity index (χ3v) is 2.70. The van der Waals surface area contributed by atoms with Crippen molar-refractivity contribution in [1.29, 1.82) is 0 Å². The zero-order chi connectivity index (χ0) is 12.3. The highest BCUT2D eigenvalue weighted by Crippen LogP contribution is 2.18. The lowest BCUT2D eigenvalue weighted by Crippen LogP contribution is -2.37. The van der Waals surface area contributed by atoms with Crippen molar-refractivity contribution in [1.82, 2.24) is 0 Å². The zero-order valence-electron chi connectivity index (χ0n) is 9.11. The lowest BCUT2D eigenvalue weighted by atomic mass is 10.1. The van der Waals surface area contributed by atoms with Crippen molar-refractivity contribution < 1.29 is 9.18 Å². The van der Waals surface area contributed by atoms with Crippen LogP contribution in [-0.2, 0) is 4.79 Å². The minimum atomic E-state index is -0.598. The molecule has 1 unspecified atom stereocenters. The number of benzene rings is 1. The summed E-state index contributed by atoms with van der Waals surface area (Å²) in [6.07, 6.45) is 0. The number of amides is 1. The molecule has 0 aliphatic rings. The number of anilines is 1. The first-order valence-corrected chi connectivity index (χ1v) is 5.17. The molecule has 0 aliphatic heterocycles.